The van der Waals surface area contributed by atoms with Gasteiger partial charge in [-0.05, 0) is 26.2 Å². The van der Waals surface area contributed by atoms with E-state index in [2.05, 4.69) is 17.5 Å². The molecule has 0 radical (unpaired) electrons. The quantitative estimate of drug-likeness (QED) is 0.788. The fraction of sp³-hybridized carbons (Fsp3) is 0.364. The number of benzene rings is 1. The van der Waals surface area contributed by atoms with Crippen LogP contribution in [0, 0.1) is 11.6 Å². The van der Waals surface area contributed by atoms with E-state index >= 15 is 0 Å². The number of rotatable bonds is 5. The molecule has 0 atom stereocenters. The van der Waals surface area contributed by atoms with Crippen molar-refractivity contribution < 1.29 is 8.78 Å². The monoisotopic (exact) mass is 259 g/mol. The van der Waals surface area contributed by atoms with E-state index in [4.69, 9.17) is 5.73 Å². The van der Waals surface area contributed by atoms with Crippen LogP contribution >= 0.6 is 12.2 Å². The number of hydrogen-bond acceptors (Lipinski definition) is 3. The van der Waals surface area contributed by atoms with Crippen molar-refractivity contribution in [2.75, 3.05) is 32.5 Å². The third kappa shape index (κ3) is 3.90. The number of nitrogens with two attached hydrogens (primary N) is 1. The number of nitrogens with one attached hydrogen (secondary N) is 1. The minimum Gasteiger partial charge on any atom is -0.389 e. The number of nitrogens with zero attached hydrogens (tertiary/aromatic N) is 1. The zero-order chi connectivity index (χ0) is 13.0. The standard InChI is InChI=1S/C11H15F2N3S/c1-16(2)4-3-15-10-8(12)5-7(11(14)17)6-9(10)13/h5-6,15H,3-4H2,1-2H3,(H2,14,17). The molecule has 0 bridgehead atoms. The van der Waals surface area contributed by atoms with E-state index in [9.17, 15) is 8.78 Å². The van der Waals surface area contributed by atoms with Crippen molar-refractivity contribution in [3.8, 4) is 0 Å². The highest BCUT2D eigenvalue weighted by molar-refractivity contribution is 7.80. The second-order valence-electron chi connectivity index (χ2n) is 3.91. The van der Waals surface area contributed by atoms with Gasteiger partial charge in [-0.3, -0.25) is 0 Å². The van der Waals surface area contributed by atoms with Gasteiger partial charge in [0.1, 0.15) is 22.3 Å². The highest BCUT2D eigenvalue weighted by atomic mass is 32.1. The Kier molecular flexibility index (Phi) is 4.77. The van der Waals surface area contributed by atoms with Gasteiger partial charge in [0, 0.05) is 18.7 Å². The minimum atomic E-state index is -0.688. The summed E-state index contributed by atoms with van der Waals surface area (Å²) in [5.41, 5.74) is 5.35. The van der Waals surface area contributed by atoms with Gasteiger partial charge in [0.25, 0.3) is 0 Å². The third-order valence-corrected chi connectivity index (χ3v) is 2.42. The lowest BCUT2D eigenvalue weighted by Gasteiger charge is -2.13. The predicted octanol–water partition coefficient (Wildman–Crippen LogP) is 1.57. The maximum absolute atomic E-state index is 13.6. The van der Waals surface area contributed by atoms with Crippen LogP contribution < -0.4 is 11.1 Å². The molecule has 6 heteroatoms. The predicted molar refractivity (Wildman–Crippen MR) is 69.3 cm³/mol. The van der Waals surface area contributed by atoms with Gasteiger partial charge in [-0.15, -0.1) is 0 Å². The smallest absolute Gasteiger partial charge is 0.150 e. The molecule has 0 aliphatic rings. The number of likely N-dealkylation sites (N-methyl/N-ethyl adjacent to an activating group) is 1. The van der Waals surface area contributed by atoms with Crippen LogP contribution in [0.4, 0.5) is 14.5 Å². The molecule has 1 aromatic rings. The van der Waals surface area contributed by atoms with Gasteiger partial charge < -0.3 is 16.0 Å². The molecule has 0 fully saturated rings. The Morgan fingerprint density at radius 2 is 1.88 bits per heavy atom. The van der Waals surface area contributed by atoms with Gasteiger partial charge >= 0.3 is 0 Å². The van der Waals surface area contributed by atoms with Gasteiger partial charge in [0.05, 0.1) is 0 Å². The Labute approximate surface area is 105 Å². The summed E-state index contributed by atoms with van der Waals surface area (Å²) in [6.07, 6.45) is 0. The summed E-state index contributed by atoms with van der Waals surface area (Å²) in [7, 11) is 3.76. The summed E-state index contributed by atoms with van der Waals surface area (Å²) in [6, 6.07) is 2.26. The first-order chi connectivity index (χ1) is 7.91. The van der Waals surface area contributed by atoms with Crippen LogP contribution in [-0.2, 0) is 0 Å². The summed E-state index contributed by atoms with van der Waals surface area (Å²) >= 11 is 4.66. The highest BCUT2D eigenvalue weighted by Crippen LogP contribution is 2.20. The van der Waals surface area contributed by atoms with E-state index in [1.807, 2.05) is 19.0 Å². The van der Waals surface area contributed by atoms with Gasteiger partial charge in [-0.1, -0.05) is 12.2 Å². The molecule has 0 spiro atoms. The number of hydrogen-bond donors (Lipinski definition) is 2. The van der Waals surface area contributed by atoms with E-state index in [1.165, 1.54) is 0 Å². The maximum atomic E-state index is 13.6. The Bertz CT molecular complexity index is 398. The van der Waals surface area contributed by atoms with E-state index in [0.29, 0.717) is 13.1 Å². The van der Waals surface area contributed by atoms with E-state index in [1.54, 1.807) is 0 Å². The van der Waals surface area contributed by atoms with Crippen molar-refractivity contribution in [2.45, 2.75) is 0 Å². The summed E-state index contributed by atoms with van der Waals surface area (Å²) in [5, 5.41) is 2.70. The second-order valence-corrected chi connectivity index (χ2v) is 4.35. The molecular weight excluding hydrogens is 244 g/mol. The Morgan fingerprint density at radius 3 is 2.29 bits per heavy atom. The summed E-state index contributed by atoms with van der Waals surface area (Å²) in [4.78, 5) is 1.88. The van der Waals surface area contributed by atoms with Crippen LogP contribution in [-0.4, -0.2) is 37.1 Å². The fourth-order valence-electron chi connectivity index (χ4n) is 1.29. The molecule has 17 heavy (non-hydrogen) atoms. The maximum Gasteiger partial charge on any atom is 0.150 e. The molecule has 0 saturated heterocycles. The summed E-state index contributed by atoms with van der Waals surface area (Å²) in [6.45, 7) is 1.13. The second kappa shape index (κ2) is 5.88. The van der Waals surface area contributed by atoms with Crippen LogP contribution in [0.1, 0.15) is 5.56 Å². The van der Waals surface area contributed by atoms with Crippen LogP contribution in [0.5, 0.6) is 0 Å². The molecule has 0 heterocycles. The molecule has 0 aliphatic carbocycles. The van der Waals surface area contributed by atoms with Crippen molar-refractivity contribution in [2.24, 2.45) is 5.73 Å². The normalized spacial score (nSPS) is 10.6. The molecule has 0 aromatic heterocycles. The molecule has 0 amide bonds. The van der Waals surface area contributed by atoms with Crippen molar-refractivity contribution >= 4 is 22.9 Å². The first-order valence-corrected chi connectivity index (χ1v) is 5.50. The van der Waals surface area contributed by atoms with Crippen molar-refractivity contribution in [3.05, 3.63) is 29.3 Å². The highest BCUT2D eigenvalue weighted by Gasteiger charge is 2.11. The molecular formula is C11H15F2N3S. The Balaban J connectivity index is 2.83. The summed E-state index contributed by atoms with van der Waals surface area (Å²) in [5.74, 6) is -1.38. The SMILES string of the molecule is CN(C)CCNc1c(F)cc(C(N)=S)cc1F. The van der Waals surface area contributed by atoms with E-state index in [-0.39, 0.29) is 16.2 Å². The lowest BCUT2D eigenvalue weighted by Crippen LogP contribution is -2.21. The van der Waals surface area contributed by atoms with Gasteiger partial charge in [0.2, 0.25) is 0 Å². The largest absolute Gasteiger partial charge is 0.389 e. The first-order valence-electron chi connectivity index (χ1n) is 5.09. The molecule has 3 nitrogen and oxygen atoms in total. The van der Waals surface area contributed by atoms with Crippen LogP contribution in [0.25, 0.3) is 0 Å². The number of thiocarbonyl (C=S) groups is 1. The molecule has 3 N–H and O–H groups in total. The average Bonchev–Trinajstić information content (AvgIpc) is 2.21. The topological polar surface area (TPSA) is 41.3 Å². The van der Waals surface area contributed by atoms with Crippen molar-refractivity contribution in [3.63, 3.8) is 0 Å². The third-order valence-electron chi connectivity index (χ3n) is 2.19. The minimum absolute atomic E-state index is 0.0253. The van der Waals surface area contributed by atoms with Crippen LogP contribution in [0.2, 0.25) is 0 Å². The molecule has 94 valence electrons. The van der Waals surface area contributed by atoms with Crippen LogP contribution in [0.15, 0.2) is 12.1 Å². The lowest BCUT2D eigenvalue weighted by atomic mass is 10.2. The van der Waals surface area contributed by atoms with Gasteiger partial charge in [-0.25, -0.2) is 8.78 Å². The van der Waals surface area contributed by atoms with E-state index in [0.717, 1.165) is 12.1 Å². The molecule has 1 aromatic carbocycles. The zero-order valence-electron chi connectivity index (χ0n) is 9.76. The number of anilines is 1. The molecule has 0 unspecified atom stereocenters. The first kappa shape index (κ1) is 13.8. The summed E-state index contributed by atoms with van der Waals surface area (Å²) < 4.78 is 27.1. The lowest BCUT2D eigenvalue weighted by molar-refractivity contribution is 0.424. The van der Waals surface area contributed by atoms with Crippen LogP contribution in [0.3, 0.4) is 0 Å². The average molecular weight is 259 g/mol. The van der Waals surface area contributed by atoms with Gasteiger partial charge in [-0.2, -0.15) is 0 Å². The van der Waals surface area contributed by atoms with Crippen molar-refractivity contribution in [1.29, 1.82) is 0 Å². The Morgan fingerprint density at radius 1 is 1.35 bits per heavy atom. The van der Waals surface area contributed by atoms with Crippen molar-refractivity contribution in [1.82, 2.24) is 4.90 Å². The molecule has 0 aliphatic heterocycles. The van der Waals surface area contributed by atoms with E-state index < -0.39 is 11.6 Å². The van der Waals surface area contributed by atoms with Gasteiger partial charge in [0.15, 0.2) is 0 Å². The fourth-order valence-corrected chi connectivity index (χ4v) is 1.41. The molecule has 1 rings (SSSR count). The number of halogens is 2. The Hall–Kier alpha value is -1.27. The molecule has 0 saturated carbocycles. The zero-order valence-corrected chi connectivity index (χ0v) is 10.6.